The van der Waals surface area contributed by atoms with Gasteiger partial charge >= 0.3 is 0 Å². The first-order valence-electron chi connectivity index (χ1n) is 9.43. The number of aromatic hydroxyl groups is 1. The second-order valence-electron chi connectivity index (χ2n) is 7.23. The Balaban J connectivity index is 1.75. The number of phenols is 1. The molecule has 3 aromatic carbocycles. The molecule has 30 heavy (non-hydrogen) atoms. The van der Waals surface area contributed by atoms with E-state index in [4.69, 9.17) is 4.42 Å². The number of carbonyl (C=O) groups is 1. The molecule has 0 saturated carbocycles. The van der Waals surface area contributed by atoms with E-state index in [-0.39, 0.29) is 34.6 Å². The number of halogens is 1. The number of phenolic OH excluding ortho intramolecular Hbond substituents is 1. The number of nitrogens with zero attached hydrogens (tertiary/aromatic N) is 1. The maximum Gasteiger partial charge on any atom is 0.291 e. The fourth-order valence-electron chi connectivity index (χ4n) is 3.98. The van der Waals surface area contributed by atoms with E-state index in [0.717, 1.165) is 11.6 Å². The molecular weight excluding hydrogens is 385 g/mol. The molecule has 1 atom stereocenters. The fourth-order valence-corrected chi connectivity index (χ4v) is 3.98. The van der Waals surface area contributed by atoms with Crippen LogP contribution in [0.1, 0.15) is 33.3 Å². The van der Waals surface area contributed by atoms with Crippen LogP contribution in [0.4, 0.5) is 4.39 Å². The Morgan fingerprint density at radius 2 is 1.77 bits per heavy atom. The largest absolute Gasteiger partial charge is 0.508 e. The molecule has 2 heterocycles. The summed E-state index contributed by atoms with van der Waals surface area (Å²) >= 11 is 0. The zero-order valence-corrected chi connectivity index (χ0v) is 15.7. The molecule has 1 N–H and O–H groups in total. The second-order valence-corrected chi connectivity index (χ2v) is 7.23. The Hall–Kier alpha value is -3.93. The van der Waals surface area contributed by atoms with Crippen molar-refractivity contribution >= 4 is 16.9 Å². The number of rotatable bonds is 3. The second kappa shape index (κ2) is 6.84. The third-order valence-corrected chi connectivity index (χ3v) is 5.31. The summed E-state index contributed by atoms with van der Waals surface area (Å²) in [6, 6.07) is 18.7. The number of fused-ring (bicyclic) bond motifs is 2. The molecule has 0 saturated heterocycles. The molecule has 0 bridgehead atoms. The molecule has 5 rings (SSSR count). The van der Waals surface area contributed by atoms with Gasteiger partial charge in [0.05, 0.1) is 17.0 Å². The highest BCUT2D eigenvalue weighted by Crippen LogP contribution is 2.39. The topological polar surface area (TPSA) is 70.8 Å². The molecule has 1 aliphatic rings. The lowest BCUT2D eigenvalue weighted by atomic mass is 9.98. The minimum Gasteiger partial charge on any atom is -0.508 e. The van der Waals surface area contributed by atoms with Crippen LogP contribution in [0.25, 0.3) is 11.0 Å². The zero-order chi connectivity index (χ0) is 20.8. The van der Waals surface area contributed by atoms with Crippen molar-refractivity contribution in [2.45, 2.75) is 12.6 Å². The van der Waals surface area contributed by atoms with Crippen LogP contribution >= 0.6 is 0 Å². The Bertz CT molecular complexity index is 1350. The van der Waals surface area contributed by atoms with Gasteiger partial charge in [0, 0.05) is 6.54 Å². The Morgan fingerprint density at radius 1 is 0.967 bits per heavy atom. The van der Waals surface area contributed by atoms with Crippen molar-refractivity contribution in [3.8, 4) is 5.75 Å². The molecule has 0 radical (unpaired) electrons. The van der Waals surface area contributed by atoms with Crippen LogP contribution in [-0.2, 0) is 6.54 Å². The lowest BCUT2D eigenvalue weighted by molar-refractivity contribution is 0.0714. The molecule has 0 fully saturated rings. The standard InChI is InChI=1S/C24H16FNO4/c25-16-9-10-19-18(12-16)22(28)20-21(15-7-4-8-17(27)11-15)26(24(29)23(20)30-19)13-14-5-2-1-3-6-14/h1-12,21,27H,13H2/t21-/m1/s1. The molecule has 1 aliphatic heterocycles. The van der Waals surface area contributed by atoms with E-state index < -0.39 is 23.2 Å². The van der Waals surface area contributed by atoms with Crippen molar-refractivity contribution in [1.82, 2.24) is 4.90 Å². The van der Waals surface area contributed by atoms with Gasteiger partial charge in [0.1, 0.15) is 17.1 Å². The summed E-state index contributed by atoms with van der Waals surface area (Å²) in [6.07, 6.45) is 0. The van der Waals surface area contributed by atoms with Gasteiger partial charge in [-0.3, -0.25) is 9.59 Å². The highest BCUT2D eigenvalue weighted by molar-refractivity contribution is 5.99. The van der Waals surface area contributed by atoms with Crippen LogP contribution in [0.2, 0.25) is 0 Å². The quantitative estimate of drug-likeness (QED) is 0.553. The maximum atomic E-state index is 13.8. The van der Waals surface area contributed by atoms with E-state index in [2.05, 4.69) is 0 Å². The Kier molecular flexibility index (Phi) is 4.13. The minimum absolute atomic E-state index is 0.0179. The smallest absolute Gasteiger partial charge is 0.291 e. The maximum absolute atomic E-state index is 13.8. The number of amides is 1. The predicted molar refractivity (Wildman–Crippen MR) is 109 cm³/mol. The van der Waals surface area contributed by atoms with Crippen molar-refractivity contribution in [3.05, 3.63) is 111 Å². The highest BCUT2D eigenvalue weighted by Gasteiger charge is 2.42. The van der Waals surface area contributed by atoms with Crippen LogP contribution in [0, 0.1) is 5.82 Å². The monoisotopic (exact) mass is 401 g/mol. The normalized spacial score (nSPS) is 15.6. The summed E-state index contributed by atoms with van der Waals surface area (Å²) in [5.41, 5.74) is 1.31. The van der Waals surface area contributed by atoms with Crippen molar-refractivity contribution in [2.75, 3.05) is 0 Å². The SMILES string of the molecule is O=C1c2oc3ccc(F)cc3c(=O)c2[C@@H](c2cccc(O)c2)N1Cc1ccccc1. The number of carbonyl (C=O) groups excluding carboxylic acids is 1. The highest BCUT2D eigenvalue weighted by atomic mass is 19.1. The molecule has 6 heteroatoms. The number of hydrogen-bond donors (Lipinski definition) is 1. The third-order valence-electron chi connectivity index (χ3n) is 5.31. The molecule has 0 aliphatic carbocycles. The van der Waals surface area contributed by atoms with Crippen LogP contribution < -0.4 is 5.43 Å². The van der Waals surface area contributed by atoms with Gasteiger partial charge in [0.15, 0.2) is 5.43 Å². The van der Waals surface area contributed by atoms with Crippen LogP contribution in [0.15, 0.2) is 82.0 Å². The van der Waals surface area contributed by atoms with E-state index in [9.17, 15) is 19.1 Å². The molecule has 148 valence electrons. The summed E-state index contributed by atoms with van der Waals surface area (Å²) in [5.74, 6) is -1.02. The lowest BCUT2D eigenvalue weighted by Crippen LogP contribution is -2.29. The van der Waals surface area contributed by atoms with Crippen LogP contribution in [0.5, 0.6) is 5.75 Å². The summed E-state index contributed by atoms with van der Waals surface area (Å²) in [7, 11) is 0. The van der Waals surface area contributed by atoms with E-state index in [0.29, 0.717) is 5.56 Å². The fraction of sp³-hybridized carbons (Fsp3) is 0.0833. The third kappa shape index (κ3) is 2.85. The van der Waals surface area contributed by atoms with Crippen LogP contribution in [-0.4, -0.2) is 15.9 Å². The summed E-state index contributed by atoms with van der Waals surface area (Å²) in [6.45, 7) is 0.244. The van der Waals surface area contributed by atoms with Gasteiger partial charge in [0.25, 0.3) is 5.91 Å². The van der Waals surface area contributed by atoms with Gasteiger partial charge in [-0.25, -0.2) is 4.39 Å². The van der Waals surface area contributed by atoms with Gasteiger partial charge in [-0.15, -0.1) is 0 Å². The van der Waals surface area contributed by atoms with Crippen molar-refractivity contribution in [1.29, 1.82) is 0 Å². The number of hydrogen-bond acceptors (Lipinski definition) is 4. The van der Waals surface area contributed by atoms with E-state index in [1.165, 1.54) is 29.2 Å². The summed E-state index contributed by atoms with van der Waals surface area (Å²) in [5, 5.41) is 10.1. The van der Waals surface area contributed by atoms with Gasteiger partial charge in [-0.1, -0.05) is 42.5 Å². The van der Waals surface area contributed by atoms with Crippen molar-refractivity contribution < 1.29 is 18.7 Å². The molecule has 1 aromatic heterocycles. The lowest BCUT2D eigenvalue weighted by Gasteiger charge is -2.25. The first-order chi connectivity index (χ1) is 14.5. The molecule has 1 amide bonds. The van der Waals surface area contributed by atoms with E-state index in [1.807, 2.05) is 30.3 Å². The Labute approximate surface area is 170 Å². The molecular formula is C24H16FNO4. The average molecular weight is 401 g/mol. The van der Waals surface area contributed by atoms with Gasteiger partial charge in [-0.05, 0) is 41.5 Å². The van der Waals surface area contributed by atoms with Gasteiger partial charge in [-0.2, -0.15) is 0 Å². The first kappa shape index (κ1) is 18.1. The molecule has 5 nitrogen and oxygen atoms in total. The molecule has 4 aromatic rings. The zero-order valence-electron chi connectivity index (χ0n) is 15.7. The first-order valence-corrected chi connectivity index (χ1v) is 9.43. The summed E-state index contributed by atoms with van der Waals surface area (Å²) in [4.78, 5) is 28.1. The van der Waals surface area contributed by atoms with E-state index in [1.54, 1.807) is 12.1 Å². The minimum atomic E-state index is -0.760. The van der Waals surface area contributed by atoms with Crippen molar-refractivity contribution in [3.63, 3.8) is 0 Å². The average Bonchev–Trinajstić information content (AvgIpc) is 3.02. The van der Waals surface area contributed by atoms with Gasteiger partial charge in [0.2, 0.25) is 5.76 Å². The molecule has 0 unspecified atom stereocenters. The van der Waals surface area contributed by atoms with Gasteiger partial charge < -0.3 is 14.4 Å². The van der Waals surface area contributed by atoms with Crippen LogP contribution in [0.3, 0.4) is 0 Å². The predicted octanol–water partition coefficient (Wildman–Crippen LogP) is 4.38. The van der Waals surface area contributed by atoms with Crippen molar-refractivity contribution in [2.24, 2.45) is 0 Å². The van der Waals surface area contributed by atoms with E-state index >= 15 is 0 Å². The molecule has 0 spiro atoms. The summed E-state index contributed by atoms with van der Waals surface area (Å²) < 4.78 is 19.6. The number of benzene rings is 3. The Morgan fingerprint density at radius 3 is 2.53 bits per heavy atom.